The molecule has 0 unspecified atom stereocenters. The third-order valence-electron chi connectivity index (χ3n) is 3.51. The second kappa shape index (κ2) is 8.52. The molecule has 1 amide bonds. The van der Waals surface area contributed by atoms with Crippen LogP contribution in [0.5, 0.6) is 0 Å². The van der Waals surface area contributed by atoms with Gasteiger partial charge in [0.2, 0.25) is 0 Å². The zero-order chi connectivity index (χ0) is 19.3. The van der Waals surface area contributed by atoms with E-state index in [4.69, 9.17) is 4.74 Å². The standard InChI is InChI=1S/C17H23NO4S.C2H6/c1-17(2,3)22-16(19)18-11-9-14(10-12-18)13-5-7-15(8-6-13)23(4,20)21;1-2/h5-9H,10-12H2,1-4H3;1-2H3. The van der Waals surface area contributed by atoms with E-state index in [1.807, 2.05) is 52.8 Å². The first-order valence-electron chi connectivity index (χ1n) is 8.54. The summed E-state index contributed by atoms with van der Waals surface area (Å²) in [7, 11) is -3.18. The van der Waals surface area contributed by atoms with E-state index in [-0.39, 0.29) is 6.09 Å². The molecule has 2 rings (SSSR count). The molecule has 0 aromatic heterocycles. The van der Waals surface area contributed by atoms with Crippen molar-refractivity contribution in [2.45, 2.75) is 51.5 Å². The Bertz CT molecular complexity index is 713. The molecule has 0 saturated heterocycles. The van der Waals surface area contributed by atoms with Crippen LogP contribution in [0.15, 0.2) is 35.2 Å². The summed E-state index contributed by atoms with van der Waals surface area (Å²) in [5, 5.41) is 0. The van der Waals surface area contributed by atoms with Gasteiger partial charge in [0, 0.05) is 19.3 Å². The summed E-state index contributed by atoms with van der Waals surface area (Å²) in [6.45, 7) is 10.6. The number of amides is 1. The van der Waals surface area contributed by atoms with Crippen LogP contribution >= 0.6 is 0 Å². The lowest BCUT2D eigenvalue weighted by Gasteiger charge is -2.29. The third-order valence-corrected chi connectivity index (χ3v) is 4.64. The van der Waals surface area contributed by atoms with E-state index >= 15 is 0 Å². The Kier molecular flexibility index (Phi) is 7.23. The highest BCUT2D eigenvalue weighted by atomic mass is 32.2. The minimum absolute atomic E-state index is 0.305. The van der Waals surface area contributed by atoms with E-state index in [1.165, 1.54) is 6.26 Å². The molecule has 25 heavy (non-hydrogen) atoms. The van der Waals surface area contributed by atoms with Crippen LogP contribution in [0.3, 0.4) is 0 Å². The largest absolute Gasteiger partial charge is 0.444 e. The smallest absolute Gasteiger partial charge is 0.410 e. The average Bonchev–Trinajstić information content (AvgIpc) is 2.55. The Balaban J connectivity index is 0.00000151. The SMILES string of the molecule is CC.CC(C)(C)OC(=O)N1CC=C(c2ccc(S(C)(=O)=O)cc2)CC1. The lowest BCUT2D eigenvalue weighted by molar-refractivity contribution is 0.0270. The van der Waals surface area contributed by atoms with Crippen molar-refractivity contribution < 1.29 is 17.9 Å². The van der Waals surface area contributed by atoms with Crippen LogP contribution in [-0.2, 0) is 14.6 Å². The quantitative estimate of drug-likeness (QED) is 0.788. The third kappa shape index (κ3) is 6.53. The summed E-state index contributed by atoms with van der Waals surface area (Å²) in [5.74, 6) is 0. The lowest BCUT2D eigenvalue weighted by atomic mass is 10.00. The summed E-state index contributed by atoms with van der Waals surface area (Å²) < 4.78 is 28.3. The van der Waals surface area contributed by atoms with Gasteiger partial charge in [-0.05, 0) is 50.5 Å². The van der Waals surface area contributed by atoms with Crippen molar-refractivity contribution in [1.29, 1.82) is 0 Å². The van der Waals surface area contributed by atoms with Crippen molar-refractivity contribution in [2.75, 3.05) is 19.3 Å². The van der Waals surface area contributed by atoms with Crippen molar-refractivity contribution in [1.82, 2.24) is 4.90 Å². The first-order chi connectivity index (χ1) is 11.6. The summed E-state index contributed by atoms with van der Waals surface area (Å²) in [6, 6.07) is 6.86. The Morgan fingerprint density at radius 1 is 1.12 bits per heavy atom. The van der Waals surface area contributed by atoms with Crippen LogP contribution in [-0.4, -0.2) is 44.4 Å². The van der Waals surface area contributed by atoms with Gasteiger partial charge in [0.25, 0.3) is 0 Å². The van der Waals surface area contributed by atoms with E-state index < -0.39 is 15.4 Å². The number of ether oxygens (including phenoxy) is 1. The topological polar surface area (TPSA) is 63.7 Å². The maximum absolute atomic E-state index is 12.0. The van der Waals surface area contributed by atoms with E-state index in [0.29, 0.717) is 18.0 Å². The van der Waals surface area contributed by atoms with Crippen LogP contribution in [0.4, 0.5) is 4.79 Å². The van der Waals surface area contributed by atoms with Gasteiger partial charge in [-0.25, -0.2) is 13.2 Å². The van der Waals surface area contributed by atoms with Gasteiger partial charge < -0.3 is 9.64 Å². The van der Waals surface area contributed by atoms with Gasteiger partial charge in [0.1, 0.15) is 5.60 Å². The van der Waals surface area contributed by atoms with Crippen molar-refractivity contribution >= 4 is 21.5 Å². The van der Waals surface area contributed by atoms with Gasteiger partial charge in [0.05, 0.1) is 4.90 Å². The van der Waals surface area contributed by atoms with Gasteiger partial charge in [-0.3, -0.25) is 0 Å². The summed E-state index contributed by atoms with van der Waals surface area (Å²) >= 11 is 0. The molecule has 0 fully saturated rings. The van der Waals surface area contributed by atoms with Gasteiger partial charge >= 0.3 is 6.09 Å². The second-order valence-electron chi connectivity index (χ2n) is 6.70. The Hall–Kier alpha value is -1.82. The zero-order valence-corrected chi connectivity index (χ0v) is 16.8. The normalized spacial score (nSPS) is 15.0. The summed E-state index contributed by atoms with van der Waals surface area (Å²) in [6.07, 6.45) is 3.60. The number of carbonyl (C=O) groups excluding carboxylic acids is 1. The molecule has 140 valence electrons. The van der Waals surface area contributed by atoms with Gasteiger partial charge in [-0.2, -0.15) is 0 Å². The van der Waals surface area contributed by atoms with Crippen LogP contribution in [0.2, 0.25) is 0 Å². The molecular formula is C19H29NO4S. The average molecular weight is 368 g/mol. The van der Waals surface area contributed by atoms with E-state index in [2.05, 4.69) is 0 Å². The number of hydrogen-bond donors (Lipinski definition) is 0. The molecule has 0 N–H and O–H groups in total. The van der Waals surface area contributed by atoms with Crippen LogP contribution in [0, 0.1) is 0 Å². The second-order valence-corrected chi connectivity index (χ2v) is 8.72. The Morgan fingerprint density at radius 3 is 2.08 bits per heavy atom. The monoisotopic (exact) mass is 367 g/mol. The molecule has 0 aliphatic carbocycles. The molecule has 0 bridgehead atoms. The molecule has 0 saturated carbocycles. The predicted molar refractivity (Wildman–Crippen MR) is 101 cm³/mol. The fraction of sp³-hybridized carbons (Fsp3) is 0.526. The number of rotatable bonds is 2. The van der Waals surface area contributed by atoms with Crippen molar-refractivity contribution in [2.24, 2.45) is 0 Å². The molecule has 1 aromatic carbocycles. The fourth-order valence-corrected chi connectivity index (χ4v) is 2.97. The fourth-order valence-electron chi connectivity index (χ4n) is 2.34. The minimum Gasteiger partial charge on any atom is -0.444 e. The predicted octanol–water partition coefficient (Wildman–Crippen LogP) is 4.14. The molecule has 1 aliphatic heterocycles. The van der Waals surface area contributed by atoms with Crippen molar-refractivity contribution in [3.63, 3.8) is 0 Å². The molecule has 0 radical (unpaired) electrons. The minimum atomic E-state index is -3.18. The van der Waals surface area contributed by atoms with Crippen LogP contribution < -0.4 is 0 Å². The Labute approximate surface area is 151 Å². The van der Waals surface area contributed by atoms with Gasteiger partial charge in [-0.15, -0.1) is 0 Å². The van der Waals surface area contributed by atoms with E-state index in [9.17, 15) is 13.2 Å². The van der Waals surface area contributed by atoms with E-state index in [1.54, 1.807) is 17.0 Å². The van der Waals surface area contributed by atoms with Crippen molar-refractivity contribution in [3.8, 4) is 0 Å². The lowest BCUT2D eigenvalue weighted by Crippen LogP contribution is -2.39. The maximum atomic E-state index is 12.0. The number of hydrogen-bond acceptors (Lipinski definition) is 4. The molecule has 6 heteroatoms. The number of carbonyl (C=O) groups is 1. The molecule has 5 nitrogen and oxygen atoms in total. The number of benzene rings is 1. The first-order valence-corrected chi connectivity index (χ1v) is 10.4. The highest BCUT2D eigenvalue weighted by molar-refractivity contribution is 7.90. The maximum Gasteiger partial charge on any atom is 0.410 e. The summed E-state index contributed by atoms with van der Waals surface area (Å²) in [4.78, 5) is 14.0. The van der Waals surface area contributed by atoms with E-state index in [0.717, 1.165) is 17.6 Å². The molecule has 1 aromatic rings. The van der Waals surface area contributed by atoms with Crippen LogP contribution in [0.25, 0.3) is 5.57 Å². The van der Waals surface area contributed by atoms with Gasteiger partial charge in [-0.1, -0.05) is 32.1 Å². The number of nitrogens with zero attached hydrogens (tertiary/aromatic N) is 1. The highest BCUT2D eigenvalue weighted by Gasteiger charge is 2.23. The zero-order valence-electron chi connectivity index (χ0n) is 16.0. The van der Waals surface area contributed by atoms with Crippen LogP contribution in [0.1, 0.15) is 46.6 Å². The van der Waals surface area contributed by atoms with Gasteiger partial charge in [0.15, 0.2) is 9.84 Å². The Morgan fingerprint density at radius 2 is 1.68 bits per heavy atom. The molecule has 1 heterocycles. The highest BCUT2D eigenvalue weighted by Crippen LogP contribution is 2.24. The van der Waals surface area contributed by atoms with Crippen molar-refractivity contribution in [3.05, 3.63) is 35.9 Å². The molecule has 0 atom stereocenters. The summed E-state index contributed by atoms with van der Waals surface area (Å²) in [5.41, 5.74) is 1.61. The molecule has 0 spiro atoms. The molecule has 1 aliphatic rings. The number of sulfone groups is 1. The molecular weight excluding hydrogens is 338 g/mol. The first kappa shape index (κ1) is 21.2.